The maximum atomic E-state index is 14.1. The van der Waals surface area contributed by atoms with Crippen LogP contribution < -0.4 is 0 Å². The number of rotatable bonds is 3. The summed E-state index contributed by atoms with van der Waals surface area (Å²) in [5, 5.41) is 8.68. The van der Waals surface area contributed by atoms with Crippen molar-refractivity contribution in [1.82, 2.24) is 0 Å². The number of carbonyl (C=O) groups is 1. The fourth-order valence-electron chi connectivity index (χ4n) is 1.84. The minimum absolute atomic E-state index is 0.00740. The van der Waals surface area contributed by atoms with Crippen LogP contribution in [0.15, 0.2) is 24.3 Å². The Labute approximate surface area is 156 Å². The van der Waals surface area contributed by atoms with Crippen molar-refractivity contribution in [1.29, 1.82) is 0 Å². The van der Waals surface area contributed by atoms with Crippen LogP contribution in [-0.4, -0.2) is 11.1 Å². The summed E-state index contributed by atoms with van der Waals surface area (Å²) < 4.78 is 14.1. The van der Waals surface area contributed by atoms with E-state index in [0.29, 0.717) is 5.56 Å². The van der Waals surface area contributed by atoms with Crippen LogP contribution in [0.1, 0.15) is 5.56 Å². The van der Waals surface area contributed by atoms with Gasteiger partial charge >= 0.3 is 5.97 Å². The first-order chi connectivity index (χ1) is 10.7. The van der Waals surface area contributed by atoms with Gasteiger partial charge in [-0.1, -0.05) is 70.1 Å². The highest BCUT2D eigenvalue weighted by Crippen LogP contribution is 2.48. The number of aliphatic carboxylic acids is 1. The SMILES string of the molecule is O=C(O)/C=C/c1ccc(-c2c(Cl)c(Cl)c(Cl)c(Cl)c2Cl)cc1F. The first-order valence-corrected chi connectivity index (χ1v) is 7.85. The number of halogens is 6. The van der Waals surface area contributed by atoms with Crippen LogP contribution in [-0.2, 0) is 4.79 Å². The molecule has 1 N–H and O–H groups in total. The van der Waals surface area contributed by atoms with Crippen molar-refractivity contribution < 1.29 is 14.3 Å². The van der Waals surface area contributed by atoms with Gasteiger partial charge in [-0.15, -0.1) is 0 Å². The zero-order valence-electron chi connectivity index (χ0n) is 11.0. The summed E-state index contributed by atoms with van der Waals surface area (Å²) in [6.45, 7) is 0. The van der Waals surface area contributed by atoms with Gasteiger partial charge in [-0.3, -0.25) is 0 Å². The van der Waals surface area contributed by atoms with Crippen LogP contribution in [0.5, 0.6) is 0 Å². The zero-order valence-corrected chi connectivity index (χ0v) is 14.8. The third-order valence-corrected chi connectivity index (χ3v) is 5.18. The molecule has 0 bridgehead atoms. The summed E-state index contributed by atoms with van der Waals surface area (Å²) >= 11 is 30.1. The molecule has 0 amide bonds. The Morgan fingerprint density at radius 2 is 1.48 bits per heavy atom. The minimum atomic E-state index is -1.18. The van der Waals surface area contributed by atoms with Gasteiger partial charge in [0.2, 0.25) is 0 Å². The Morgan fingerprint density at radius 1 is 0.957 bits per heavy atom. The van der Waals surface area contributed by atoms with E-state index >= 15 is 0 Å². The minimum Gasteiger partial charge on any atom is -0.478 e. The molecule has 120 valence electrons. The van der Waals surface area contributed by atoms with E-state index in [-0.39, 0.29) is 36.2 Å². The third-order valence-electron chi connectivity index (χ3n) is 2.90. The lowest BCUT2D eigenvalue weighted by molar-refractivity contribution is -0.131. The molecule has 0 aliphatic heterocycles. The molecule has 0 fully saturated rings. The molecule has 2 nitrogen and oxygen atoms in total. The smallest absolute Gasteiger partial charge is 0.328 e. The van der Waals surface area contributed by atoms with Gasteiger partial charge in [-0.25, -0.2) is 9.18 Å². The van der Waals surface area contributed by atoms with Crippen molar-refractivity contribution in [2.24, 2.45) is 0 Å². The monoisotopic (exact) mass is 412 g/mol. The Hall–Kier alpha value is -0.970. The third kappa shape index (κ3) is 3.76. The van der Waals surface area contributed by atoms with Crippen molar-refractivity contribution in [3.63, 3.8) is 0 Å². The van der Waals surface area contributed by atoms with Gasteiger partial charge in [0.15, 0.2) is 0 Å². The summed E-state index contributed by atoms with van der Waals surface area (Å²) in [6, 6.07) is 4.04. The molecule has 0 radical (unpaired) electrons. The van der Waals surface area contributed by atoms with E-state index in [0.717, 1.165) is 18.2 Å². The number of benzene rings is 2. The second-order valence-electron chi connectivity index (χ2n) is 4.35. The average molecular weight is 414 g/mol. The molecule has 0 aliphatic rings. The van der Waals surface area contributed by atoms with Crippen LogP contribution in [0.3, 0.4) is 0 Å². The van der Waals surface area contributed by atoms with E-state index in [1.165, 1.54) is 12.1 Å². The summed E-state index contributed by atoms with van der Waals surface area (Å²) in [5.74, 6) is -1.84. The summed E-state index contributed by atoms with van der Waals surface area (Å²) in [5.41, 5.74) is 0.653. The van der Waals surface area contributed by atoms with Gasteiger partial charge < -0.3 is 5.11 Å². The van der Waals surface area contributed by atoms with Crippen LogP contribution in [0.2, 0.25) is 25.1 Å². The van der Waals surface area contributed by atoms with E-state index in [2.05, 4.69) is 0 Å². The van der Waals surface area contributed by atoms with Crippen LogP contribution in [0.4, 0.5) is 4.39 Å². The van der Waals surface area contributed by atoms with Gasteiger partial charge in [0.25, 0.3) is 0 Å². The lowest BCUT2D eigenvalue weighted by Crippen LogP contribution is -1.91. The van der Waals surface area contributed by atoms with Crippen molar-refractivity contribution in [2.45, 2.75) is 0 Å². The zero-order chi connectivity index (χ0) is 17.3. The van der Waals surface area contributed by atoms with Crippen molar-refractivity contribution in [3.05, 3.63) is 60.8 Å². The summed E-state index contributed by atoms with van der Waals surface area (Å²) in [6.07, 6.45) is 1.96. The van der Waals surface area contributed by atoms with Gasteiger partial charge in [0, 0.05) is 17.2 Å². The lowest BCUT2D eigenvalue weighted by Gasteiger charge is -2.13. The second-order valence-corrected chi connectivity index (χ2v) is 6.24. The predicted octanol–water partition coefficient (Wildman–Crippen LogP) is 6.86. The molecule has 2 aromatic rings. The Kier molecular flexibility index (Phi) is 5.82. The van der Waals surface area contributed by atoms with E-state index < -0.39 is 11.8 Å². The average Bonchev–Trinajstić information content (AvgIpc) is 2.50. The maximum Gasteiger partial charge on any atom is 0.328 e. The largest absolute Gasteiger partial charge is 0.478 e. The molecule has 0 aromatic heterocycles. The Morgan fingerprint density at radius 3 is 1.96 bits per heavy atom. The molecule has 0 aliphatic carbocycles. The van der Waals surface area contributed by atoms with Crippen molar-refractivity contribution in [3.8, 4) is 11.1 Å². The Bertz CT molecular complexity index is 804. The summed E-state index contributed by atoms with van der Waals surface area (Å²) in [7, 11) is 0. The molecule has 23 heavy (non-hydrogen) atoms. The first-order valence-electron chi connectivity index (χ1n) is 5.96. The highest BCUT2D eigenvalue weighted by atomic mass is 35.5. The molecular formula is C15H6Cl5FO2. The van der Waals surface area contributed by atoms with Gasteiger partial charge in [0.05, 0.1) is 25.1 Å². The van der Waals surface area contributed by atoms with E-state index in [9.17, 15) is 9.18 Å². The lowest BCUT2D eigenvalue weighted by atomic mass is 10.0. The molecule has 0 heterocycles. The van der Waals surface area contributed by atoms with Crippen molar-refractivity contribution in [2.75, 3.05) is 0 Å². The van der Waals surface area contributed by atoms with E-state index in [1.807, 2.05) is 0 Å². The highest BCUT2D eigenvalue weighted by molar-refractivity contribution is 6.56. The molecule has 2 aromatic carbocycles. The van der Waals surface area contributed by atoms with Gasteiger partial charge in [-0.05, 0) is 17.7 Å². The topological polar surface area (TPSA) is 37.3 Å². The van der Waals surface area contributed by atoms with E-state index in [4.69, 9.17) is 63.1 Å². The van der Waals surface area contributed by atoms with Crippen molar-refractivity contribution >= 4 is 70.1 Å². The molecular weight excluding hydrogens is 408 g/mol. The van der Waals surface area contributed by atoms with Crippen LogP contribution in [0, 0.1) is 5.82 Å². The number of carboxylic acid groups (broad SMARTS) is 1. The maximum absolute atomic E-state index is 14.1. The molecule has 2 rings (SSSR count). The highest BCUT2D eigenvalue weighted by Gasteiger charge is 2.21. The quantitative estimate of drug-likeness (QED) is 0.338. The van der Waals surface area contributed by atoms with E-state index in [1.54, 1.807) is 0 Å². The predicted molar refractivity (Wildman–Crippen MR) is 93.6 cm³/mol. The fourth-order valence-corrected chi connectivity index (χ4v) is 3.19. The fraction of sp³-hybridized carbons (Fsp3) is 0. The second kappa shape index (κ2) is 7.29. The normalized spacial score (nSPS) is 11.2. The molecule has 0 saturated carbocycles. The van der Waals surface area contributed by atoms with Gasteiger partial charge in [0.1, 0.15) is 5.82 Å². The molecule has 8 heteroatoms. The first kappa shape index (κ1) is 18.4. The van der Waals surface area contributed by atoms with Gasteiger partial charge in [-0.2, -0.15) is 0 Å². The molecule has 0 spiro atoms. The Balaban J connectivity index is 2.61. The standard InChI is InChI=1S/C15H6Cl5FO2/c16-11-10(12(17)14(19)15(20)13(11)18)7-2-1-6(8(21)5-7)3-4-9(22)23/h1-5H,(H,22,23)/b4-3+. The number of carboxylic acids is 1. The molecule has 0 atom stereocenters. The number of hydrogen-bond donors (Lipinski definition) is 1. The molecule has 0 unspecified atom stereocenters. The van der Waals surface area contributed by atoms with Crippen LogP contribution in [0.25, 0.3) is 17.2 Å². The number of hydrogen-bond acceptors (Lipinski definition) is 1. The van der Waals surface area contributed by atoms with Crippen LogP contribution >= 0.6 is 58.0 Å². The summed E-state index contributed by atoms with van der Waals surface area (Å²) in [4.78, 5) is 10.5. The molecule has 0 saturated heterocycles.